The van der Waals surface area contributed by atoms with Crippen molar-refractivity contribution in [2.24, 2.45) is 0 Å². The first-order chi connectivity index (χ1) is 15.3. The lowest BCUT2D eigenvalue weighted by atomic mass is 9.93. The van der Waals surface area contributed by atoms with Gasteiger partial charge in [-0.3, -0.25) is 14.5 Å². The fourth-order valence-corrected chi connectivity index (χ4v) is 4.14. The van der Waals surface area contributed by atoms with Gasteiger partial charge in [-0.15, -0.1) is 0 Å². The largest absolute Gasteiger partial charge is 0.507 e. The van der Waals surface area contributed by atoms with E-state index >= 15 is 0 Å². The topological polar surface area (TPSA) is 66.8 Å². The smallest absolute Gasteiger partial charge is 0.300 e. The summed E-state index contributed by atoms with van der Waals surface area (Å²) in [5.74, 6) is -0.954. The maximum absolute atomic E-state index is 13.3. The Morgan fingerprint density at radius 2 is 1.62 bits per heavy atom. The monoisotopic (exact) mass is 427 g/mol. The molecule has 5 heteroatoms. The summed E-state index contributed by atoms with van der Waals surface area (Å²) in [5, 5.41) is 11.3. The number of nitrogens with zero attached hydrogens (tertiary/aromatic N) is 1. The lowest BCUT2D eigenvalue weighted by Gasteiger charge is -2.26. The SMILES string of the molecule is COc1cccc(C2/C(=C(\O)c3cc(C)ccc3C)C(=O)C(=O)N2c2cccc(C)c2)c1. The first kappa shape index (κ1) is 21.4. The van der Waals surface area contributed by atoms with Crippen molar-refractivity contribution in [3.63, 3.8) is 0 Å². The van der Waals surface area contributed by atoms with Gasteiger partial charge in [0.2, 0.25) is 0 Å². The third-order valence-corrected chi connectivity index (χ3v) is 5.78. The number of carbonyl (C=O) groups excluding carboxylic acids is 2. The maximum Gasteiger partial charge on any atom is 0.300 e. The van der Waals surface area contributed by atoms with E-state index in [1.165, 1.54) is 4.90 Å². The summed E-state index contributed by atoms with van der Waals surface area (Å²) in [7, 11) is 1.56. The van der Waals surface area contributed by atoms with Crippen LogP contribution in [0.4, 0.5) is 5.69 Å². The maximum atomic E-state index is 13.3. The average molecular weight is 428 g/mol. The first-order valence-electron chi connectivity index (χ1n) is 10.4. The standard InChI is InChI=1S/C27H25NO4/c1-16-7-5-9-20(13-16)28-24(19-8-6-10-21(15-19)32-4)23(26(30)27(28)31)25(29)22-14-17(2)11-12-18(22)3/h5-15,24,29H,1-4H3/b25-23+. The van der Waals surface area contributed by atoms with Gasteiger partial charge in [0.05, 0.1) is 18.7 Å². The van der Waals surface area contributed by atoms with E-state index < -0.39 is 17.7 Å². The molecule has 3 aromatic rings. The van der Waals surface area contributed by atoms with Crippen LogP contribution in [0.5, 0.6) is 5.75 Å². The molecule has 0 spiro atoms. The fourth-order valence-electron chi connectivity index (χ4n) is 4.14. The van der Waals surface area contributed by atoms with Gasteiger partial charge in [-0.25, -0.2) is 0 Å². The molecule has 1 unspecified atom stereocenters. The van der Waals surface area contributed by atoms with Crippen molar-refractivity contribution in [1.29, 1.82) is 0 Å². The predicted octanol–water partition coefficient (Wildman–Crippen LogP) is 5.25. The highest BCUT2D eigenvalue weighted by molar-refractivity contribution is 6.51. The molecule has 1 heterocycles. The molecular weight excluding hydrogens is 402 g/mol. The normalized spacial score (nSPS) is 17.6. The van der Waals surface area contributed by atoms with Crippen LogP contribution in [0, 0.1) is 20.8 Å². The number of rotatable bonds is 4. The molecule has 0 saturated carbocycles. The Morgan fingerprint density at radius 3 is 2.34 bits per heavy atom. The van der Waals surface area contributed by atoms with Gasteiger partial charge in [-0.05, 0) is 67.8 Å². The zero-order valence-electron chi connectivity index (χ0n) is 18.5. The highest BCUT2D eigenvalue weighted by Gasteiger charge is 2.47. The molecule has 1 atom stereocenters. The van der Waals surface area contributed by atoms with Crippen LogP contribution in [0.1, 0.15) is 33.9 Å². The van der Waals surface area contributed by atoms with Crippen LogP contribution < -0.4 is 9.64 Å². The summed E-state index contributed by atoms with van der Waals surface area (Å²) in [6, 6.07) is 19.5. The highest BCUT2D eigenvalue weighted by atomic mass is 16.5. The molecule has 5 nitrogen and oxygen atoms in total. The minimum atomic E-state index is -0.785. The van der Waals surface area contributed by atoms with Crippen LogP contribution in [0.15, 0.2) is 72.3 Å². The number of aryl methyl sites for hydroxylation is 3. The molecule has 162 valence electrons. The number of aliphatic hydroxyl groups excluding tert-OH is 1. The number of aliphatic hydroxyl groups is 1. The van der Waals surface area contributed by atoms with E-state index in [1.807, 2.05) is 69.3 Å². The van der Waals surface area contributed by atoms with Crippen molar-refractivity contribution in [1.82, 2.24) is 0 Å². The summed E-state index contributed by atoms with van der Waals surface area (Å²) in [5.41, 5.74) is 4.61. The van der Waals surface area contributed by atoms with E-state index in [0.717, 1.165) is 16.7 Å². The van der Waals surface area contributed by atoms with Crippen molar-refractivity contribution < 1.29 is 19.4 Å². The van der Waals surface area contributed by atoms with E-state index in [4.69, 9.17) is 4.74 Å². The zero-order valence-corrected chi connectivity index (χ0v) is 18.5. The third kappa shape index (κ3) is 3.66. The number of benzene rings is 3. The van der Waals surface area contributed by atoms with Crippen molar-refractivity contribution in [2.45, 2.75) is 26.8 Å². The second-order valence-electron chi connectivity index (χ2n) is 8.10. The number of anilines is 1. The lowest BCUT2D eigenvalue weighted by molar-refractivity contribution is -0.132. The van der Waals surface area contributed by atoms with Gasteiger partial charge >= 0.3 is 0 Å². The quantitative estimate of drug-likeness (QED) is 0.351. The van der Waals surface area contributed by atoms with Crippen molar-refractivity contribution in [2.75, 3.05) is 12.0 Å². The number of Topliss-reactive ketones (excluding diaryl/α,β-unsaturated/α-hetero) is 1. The Bertz CT molecular complexity index is 1260. The van der Waals surface area contributed by atoms with Crippen LogP contribution in [0.3, 0.4) is 0 Å². The van der Waals surface area contributed by atoms with Gasteiger partial charge in [-0.1, -0.05) is 42.0 Å². The minimum Gasteiger partial charge on any atom is -0.507 e. The summed E-state index contributed by atoms with van der Waals surface area (Å²) >= 11 is 0. The Labute approximate surface area is 187 Å². The lowest BCUT2D eigenvalue weighted by Crippen LogP contribution is -2.29. The van der Waals surface area contributed by atoms with Gasteiger partial charge in [0, 0.05) is 11.3 Å². The molecule has 1 saturated heterocycles. The van der Waals surface area contributed by atoms with Crippen molar-refractivity contribution in [3.05, 3.63) is 100 Å². The van der Waals surface area contributed by atoms with Gasteiger partial charge in [-0.2, -0.15) is 0 Å². The zero-order chi connectivity index (χ0) is 23.0. The van der Waals surface area contributed by atoms with E-state index in [9.17, 15) is 14.7 Å². The third-order valence-electron chi connectivity index (χ3n) is 5.78. The number of hydrogen-bond acceptors (Lipinski definition) is 4. The minimum absolute atomic E-state index is 0.0680. The fraction of sp³-hybridized carbons (Fsp3) is 0.185. The molecule has 1 aliphatic rings. The van der Waals surface area contributed by atoms with E-state index in [0.29, 0.717) is 22.6 Å². The Kier molecular flexibility index (Phi) is 5.57. The summed E-state index contributed by atoms with van der Waals surface area (Å²) < 4.78 is 5.38. The molecule has 1 aliphatic heterocycles. The molecule has 0 aliphatic carbocycles. The van der Waals surface area contributed by atoms with E-state index in [-0.39, 0.29) is 11.3 Å². The summed E-state index contributed by atoms with van der Waals surface area (Å²) in [6.07, 6.45) is 0. The molecule has 0 radical (unpaired) electrons. The molecule has 1 amide bonds. The van der Waals surface area contributed by atoms with Gasteiger partial charge in [0.15, 0.2) is 0 Å². The number of hydrogen-bond donors (Lipinski definition) is 1. The van der Waals surface area contributed by atoms with E-state index in [2.05, 4.69) is 0 Å². The highest BCUT2D eigenvalue weighted by Crippen LogP contribution is 2.43. The Hall–Kier alpha value is -3.86. The van der Waals surface area contributed by atoms with Crippen molar-refractivity contribution >= 4 is 23.1 Å². The summed E-state index contributed by atoms with van der Waals surface area (Å²) in [6.45, 7) is 5.71. The van der Waals surface area contributed by atoms with Crippen LogP contribution in [0.25, 0.3) is 5.76 Å². The summed E-state index contributed by atoms with van der Waals surface area (Å²) in [4.78, 5) is 28.0. The molecule has 32 heavy (non-hydrogen) atoms. The number of amides is 1. The Balaban J connectivity index is 2.00. The molecule has 4 rings (SSSR count). The Morgan fingerprint density at radius 1 is 0.906 bits per heavy atom. The molecule has 1 N–H and O–H groups in total. The van der Waals surface area contributed by atoms with Crippen molar-refractivity contribution in [3.8, 4) is 5.75 Å². The average Bonchev–Trinajstić information content (AvgIpc) is 3.05. The number of carbonyl (C=O) groups is 2. The molecule has 3 aromatic carbocycles. The van der Waals surface area contributed by atoms with Crippen LogP contribution in [0.2, 0.25) is 0 Å². The van der Waals surface area contributed by atoms with Crippen LogP contribution in [-0.4, -0.2) is 23.9 Å². The molecule has 1 fully saturated rings. The second-order valence-corrected chi connectivity index (χ2v) is 8.10. The van der Waals surface area contributed by atoms with E-state index in [1.54, 1.807) is 25.3 Å². The molecular formula is C27H25NO4. The van der Waals surface area contributed by atoms with Gasteiger partial charge < -0.3 is 9.84 Å². The van der Waals surface area contributed by atoms with Gasteiger partial charge in [0.1, 0.15) is 11.5 Å². The second kappa shape index (κ2) is 8.35. The number of methoxy groups -OCH3 is 1. The first-order valence-corrected chi connectivity index (χ1v) is 10.4. The number of ether oxygens (including phenoxy) is 1. The predicted molar refractivity (Wildman–Crippen MR) is 125 cm³/mol. The van der Waals surface area contributed by atoms with Crippen LogP contribution in [-0.2, 0) is 9.59 Å². The molecule has 0 aromatic heterocycles. The molecule has 0 bridgehead atoms. The van der Waals surface area contributed by atoms with Crippen LogP contribution >= 0.6 is 0 Å². The van der Waals surface area contributed by atoms with Gasteiger partial charge in [0.25, 0.3) is 11.7 Å². The number of ketones is 1.